The van der Waals surface area contributed by atoms with Crippen LogP contribution in [0, 0.1) is 28.6 Å². The predicted octanol–water partition coefficient (Wildman–Crippen LogP) is 4.99. The second-order valence-corrected chi connectivity index (χ2v) is 8.17. The zero-order valence-electron chi connectivity index (χ0n) is 17.6. The third kappa shape index (κ3) is 5.05. The molecule has 0 unspecified atom stereocenters. The standard InChI is InChI=1S/C25H31NO3/c1-27-25(28-2,29-3)18-24(19-26)16-22(14-20-10-6-4-7-11-20)23(17-24)15-21-12-8-5-9-13-21/h4-13,22-23H,14-18H2,1-3H3/t22-,23-/m0/s1. The lowest BCUT2D eigenvalue weighted by molar-refractivity contribution is -0.362. The molecule has 0 spiro atoms. The maximum absolute atomic E-state index is 10.2. The molecule has 154 valence electrons. The molecular weight excluding hydrogens is 362 g/mol. The molecule has 0 amide bonds. The van der Waals surface area contributed by atoms with E-state index in [-0.39, 0.29) is 0 Å². The summed E-state index contributed by atoms with van der Waals surface area (Å²) in [5.74, 6) is -0.352. The van der Waals surface area contributed by atoms with Gasteiger partial charge in [-0.25, -0.2) is 0 Å². The van der Waals surface area contributed by atoms with E-state index >= 15 is 0 Å². The lowest BCUT2D eigenvalue weighted by Crippen LogP contribution is -2.41. The van der Waals surface area contributed by atoms with Crippen molar-refractivity contribution in [1.82, 2.24) is 0 Å². The van der Waals surface area contributed by atoms with Gasteiger partial charge in [0.15, 0.2) is 0 Å². The van der Waals surface area contributed by atoms with Gasteiger partial charge in [-0.2, -0.15) is 5.26 Å². The van der Waals surface area contributed by atoms with Crippen molar-refractivity contribution in [3.8, 4) is 6.07 Å². The molecule has 4 heteroatoms. The Hall–Kier alpha value is -2.19. The van der Waals surface area contributed by atoms with Crippen molar-refractivity contribution in [3.63, 3.8) is 0 Å². The molecule has 0 aromatic heterocycles. The van der Waals surface area contributed by atoms with Gasteiger partial charge >= 0.3 is 0 Å². The normalized spacial score (nSPS) is 21.0. The number of benzene rings is 2. The van der Waals surface area contributed by atoms with Gasteiger partial charge in [0, 0.05) is 27.8 Å². The first kappa shape index (κ1) is 21.5. The lowest BCUT2D eigenvalue weighted by atomic mass is 9.81. The van der Waals surface area contributed by atoms with Crippen LogP contribution in [0.3, 0.4) is 0 Å². The van der Waals surface area contributed by atoms with Crippen LogP contribution in [0.4, 0.5) is 0 Å². The second kappa shape index (κ2) is 9.54. The maximum Gasteiger partial charge on any atom is 0.283 e. The summed E-state index contributed by atoms with van der Waals surface area (Å²) >= 11 is 0. The Morgan fingerprint density at radius 1 is 0.828 bits per heavy atom. The summed E-state index contributed by atoms with van der Waals surface area (Å²) in [5.41, 5.74) is 2.10. The lowest BCUT2D eigenvalue weighted by Gasteiger charge is -2.34. The maximum atomic E-state index is 10.2. The summed E-state index contributed by atoms with van der Waals surface area (Å²) in [6, 6.07) is 23.8. The zero-order chi connectivity index (χ0) is 20.7. The van der Waals surface area contributed by atoms with E-state index in [1.54, 1.807) is 21.3 Å². The molecular formula is C25H31NO3. The first-order valence-corrected chi connectivity index (χ1v) is 10.2. The van der Waals surface area contributed by atoms with E-state index in [0.717, 1.165) is 25.7 Å². The molecule has 2 atom stereocenters. The molecule has 29 heavy (non-hydrogen) atoms. The first-order chi connectivity index (χ1) is 14.1. The third-order valence-corrected chi connectivity index (χ3v) is 6.38. The molecule has 2 aromatic carbocycles. The highest BCUT2D eigenvalue weighted by Gasteiger charge is 2.51. The smallest absolute Gasteiger partial charge is 0.283 e. The highest BCUT2D eigenvalue weighted by Crippen LogP contribution is 2.52. The van der Waals surface area contributed by atoms with Crippen molar-refractivity contribution in [2.45, 2.75) is 38.1 Å². The average molecular weight is 394 g/mol. The van der Waals surface area contributed by atoms with Crippen molar-refractivity contribution in [2.24, 2.45) is 17.3 Å². The van der Waals surface area contributed by atoms with Gasteiger partial charge in [-0.05, 0) is 48.6 Å². The van der Waals surface area contributed by atoms with Gasteiger partial charge in [0.25, 0.3) is 5.97 Å². The summed E-state index contributed by atoms with van der Waals surface area (Å²) in [4.78, 5) is 0. The fraction of sp³-hybridized carbons (Fsp3) is 0.480. The predicted molar refractivity (Wildman–Crippen MR) is 113 cm³/mol. The van der Waals surface area contributed by atoms with Crippen LogP contribution in [-0.2, 0) is 27.1 Å². The largest absolute Gasteiger partial charge is 0.331 e. The molecule has 0 heterocycles. The first-order valence-electron chi connectivity index (χ1n) is 10.2. The molecule has 2 aromatic rings. The number of hydrogen-bond donors (Lipinski definition) is 0. The van der Waals surface area contributed by atoms with Gasteiger partial charge < -0.3 is 14.2 Å². The molecule has 0 aliphatic heterocycles. The fourth-order valence-electron chi connectivity index (χ4n) is 4.89. The van der Waals surface area contributed by atoms with Crippen molar-refractivity contribution >= 4 is 0 Å². The van der Waals surface area contributed by atoms with E-state index in [2.05, 4.69) is 54.6 Å². The monoisotopic (exact) mass is 393 g/mol. The molecule has 0 radical (unpaired) electrons. The second-order valence-electron chi connectivity index (χ2n) is 8.17. The van der Waals surface area contributed by atoms with Gasteiger partial charge in [0.05, 0.1) is 11.5 Å². The van der Waals surface area contributed by atoms with Crippen molar-refractivity contribution in [1.29, 1.82) is 5.26 Å². The molecule has 0 bridgehead atoms. The van der Waals surface area contributed by atoms with Crippen molar-refractivity contribution in [3.05, 3.63) is 71.8 Å². The Morgan fingerprint density at radius 2 is 1.24 bits per heavy atom. The van der Waals surface area contributed by atoms with Crippen LogP contribution in [-0.4, -0.2) is 27.3 Å². The number of ether oxygens (including phenoxy) is 3. The average Bonchev–Trinajstić information content (AvgIpc) is 3.10. The summed E-state index contributed by atoms with van der Waals surface area (Å²) in [6.07, 6.45) is 3.97. The van der Waals surface area contributed by atoms with E-state index in [9.17, 15) is 5.26 Å². The number of methoxy groups -OCH3 is 3. The Kier molecular flexibility index (Phi) is 7.08. The van der Waals surface area contributed by atoms with Gasteiger partial charge in [0.2, 0.25) is 0 Å². The minimum Gasteiger partial charge on any atom is -0.331 e. The molecule has 1 aliphatic carbocycles. The van der Waals surface area contributed by atoms with Gasteiger partial charge in [-0.1, -0.05) is 60.7 Å². The zero-order valence-corrected chi connectivity index (χ0v) is 17.6. The van der Waals surface area contributed by atoms with Crippen LogP contribution in [0.25, 0.3) is 0 Å². The Balaban J connectivity index is 1.86. The molecule has 0 saturated heterocycles. The van der Waals surface area contributed by atoms with Gasteiger partial charge in [-0.15, -0.1) is 0 Å². The number of nitrogens with zero attached hydrogens (tertiary/aromatic N) is 1. The minimum atomic E-state index is -1.19. The number of hydrogen-bond acceptors (Lipinski definition) is 4. The number of rotatable bonds is 9. The quantitative estimate of drug-likeness (QED) is 0.563. The Morgan fingerprint density at radius 3 is 1.59 bits per heavy atom. The topological polar surface area (TPSA) is 51.5 Å². The highest BCUT2D eigenvalue weighted by molar-refractivity contribution is 5.20. The summed E-state index contributed by atoms with van der Waals surface area (Å²) in [7, 11) is 4.70. The third-order valence-electron chi connectivity index (χ3n) is 6.38. The summed E-state index contributed by atoms with van der Waals surface area (Å²) in [5, 5.41) is 10.2. The van der Waals surface area contributed by atoms with Crippen molar-refractivity contribution in [2.75, 3.05) is 21.3 Å². The minimum absolute atomic E-state index is 0.399. The van der Waals surface area contributed by atoms with E-state index in [4.69, 9.17) is 14.2 Å². The van der Waals surface area contributed by atoms with Crippen LogP contribution in [0.1, 0.15) is 30.4 Å². The Labute approximate surface area is 174 Å². The van der Waals surface area contributed by atoms with Crippen LogP contribution in [0.15, 0.2) is 60.7 Å². The van der Waals surface area contributed by atoms with Gasteiger partial charge in [0.1, 0.15) is 0 Å². The number of nitriles is 1. The van der Waals surface area contributed by atoms with E-state index in [1.165, 1.54) is 11.1 Å². The SMILES string of the molecule is COC(CC1(C#N)C[C@H](Cc2ccccc2)[C@@H](Cc2ccccc2)C1)(OC)OC. The van der Waals surface area contributed by atoms with Crippen molar-refractivity contribution < 1.29 is 14.2 Å². The molecule has 1 aliphatic rings. The van der Waals surface area contributed by atoms with E-state index in [0.29, 0.717) is 18.3 Å². The summed E-state index contributed by atoms with van der Waals surface area (Å²) in [6.45, 7) is 0. The van der Waals surface area contributed by atoms with Crippen LogP contribution >= 0.6 is 0 Å². The molecule has 4 nitrogen and oxygen atoms in total. The molecule has 1 fully saturated rings. The molecule has 0 N–H and O–H groups in total. The fourth-order valence-corrected chi connectivity index (χ4v) is 4.89. The highest BCUT2D eigenvalue weighted by atomic mass is 16.9. The van der Waals surface area contributed by atoms with E-state index in [1.807, 2.05) is 12.1 Å². The molecule has 1 saturated carbocycles. The van der Waals surface area contributed by atoms with Crippen LogP contribution < -0.4 is 0 Å². The summed E-state index contributed by atoms with van der Waals surface area (Å²) < 4.78 is 16.6. The van der Waals surface area contributed by atoms with Gasteiger partial charge in [-0.3, -0.25) is 0 Å². The van der Waals surface area contributed by atoms with E-state index < -0.39 is 11.4 Å². The Bertz CT molecular complexity index is 738. The van der Waals surface area contributed by atoms with Crippen LogP contribution in [0.2, 0.25) is 0 Å². The van der Waals surface area contributed by atoms with Crippen LogP contribution in [0.5, 0.6) is 0 Å². The molecule has 3 rings (SSSR count).